The number of hydrogen-bond acceptors (Lipinski definition) is 9. The van der Waals surface area contributed by atoms with E-state index in [1.54, 1.807) is 13.3 Å². The first-order valence-corrected chi connectivity index (χ1v) is 14.3. The van der Waals surface area contributed by atoms with Crippen molar-refractivity contribution >= 4 is 53.0 Å². The Morgan fingerprint density at radius 3 is 2.43 bits per heavy atom. The minimum Gasteiger partial charge on any atom is -0.476 e. The quantitative estimate of drug-likeness (QED) is 0.352. The molecule has 2 heterocycles. The molecule has 3 rings (SSSR count). The van der Waals surface area contributed by atoms with Crippen LogP contribution in [0.2, 0.25) is 5.02 Å². The van der Waals surface area contributed by atoms with Crippen LogP contribution in [0.25, 0.3) is 0 Å². The van der Waals surface area contributed by atoms with E-state index in [9.17, 15) is 4.57 Å². The molecule has 35 heavy (non-hydrogen) atoms. The van der Waals surface area contributed by atoms with Crippen molar-refractivity contribution in [2.24, 2.45) is 0 Å². The molecule has 11 heteroatoms. The number of halogens is 1. The van der Waals surface area contributed by atoms with Gasteiger partial charge in [-0.25, -0.2) is 4.98 Å². The van der Waals surface area contributed by atoms with Crippen LogP contribution in [0.3, 0.4) is 0 Å². The van der Waals surface area contributed by atoms with Gasteiger partial charge in [-0.2, -0.15) is 9.97 Å². The Balaban J connectivity index is 1.86. The second kappa shape index (κ2) is 11.7. The number of anilines is 5. The fourth-order valence-corrected chi connectivity index (χ4v) is 4.56. The SMILES string of the molecule is CCOc1nc(N(C)CCN(C)C)ccc1Nc1ncc(Cl)c(Nc2ccccc2P(C)(C)=O)n1. The van der Waals surface area contributed by atoms with E-state index < -0.39 is 7.14 Å². The van der Waals surface area contributed by atoms with E-state index in [0.717, 1.165) is 24.2 Å². The molecule has 3 aromatic rings. The van der Waals surface area contributed by atoms with Gasteiger partial charge in [-0.15, -0.1) is 0 Å². The van der Waals surface area contributed by atoms with Crippen LogP contribution in [0.15, 0.2) is 42.6 Å². The van der Waals surface area contributed by atoms with Gasteiger partial charge >= 0.3 is 0 Å². The number of benzene rings is 1. The molecule has 9 nitrogen and oxygen atoms in total. The lowest BCUT2D eigenvalue weighted by Gasteiger charge is -2.22. The van der Waals surface area contributed by atoms with Crippen molar-refractivity contribution in [1.82, 2.24) is 19.9 Å². The molecule has 0 saturated heterocycles. The number of nitrogens with zero attached hydrogens (tertiary/aromatic N) is 5. The smallest absolute Gasteiger partial charge is 0.239 e. The molecule has 0 amide bonds. The average Bonchev–Trinajstić information content (AvgIpc) is 2.80. The van der Waals surface area contributed by atoms with Crippen LogP contribution in [-0.2, 0) is 4.57 Å². The van der Waals surface area contributed by atoms with Crippen molar-refractivity contribution < 1.29 is 9.30 Å². The standard InChI is InChI=1S/C24H33ClN7O2P/c1-7-34-23-19(12-13-21(29-23)32(4)15-14-31(2)3)28-24-26-16-17(25)22(30-24)27-18-10-8-9-11-20(18)35(5,6)33/h8-13,16H,7,14-15H2,1-6H3,(H2,26,27,28,30). The van der Waals surface area contributed by atoms with Gasteiger partial charge in [0.25, 0.3) is 0 Å². The molecule has 0 bridgehead atoms. The maximum Gasteiger partial charge on any atom is 0.239 e. The summed E-state index contributed by atoms with van der Waals surface area (Å²) in [6, 6.07) is 11.2. The highest BCUT2D eigenvalue weighted by atomic mass is 35.5. The third-order valence-electron chi connectivity index (χ3n) is 5.13. The Kier molecular flexibility index (Phi) is 8.94. The van der Waals surface area contributed by atoms with E-state index in [4.69, 9.17) is 16.3 Å². The number of para-hydroxylation sites is 1. The monoisotopic (exact) mass is 517 g/mol. The van der Waals surface area contributed by atoms with Gasteiger partial charge in [-0.05, 0) is 58.6 Å². The van der Waals surface area contributed by atoms with Crippen LogP contribution in [0.5, 0.6) is 5.88 Å². The van der Waals surface area contributed by atoms with Crippen molar-refractivity contribution in [3.05, 3.63) is 47.6 Å². The summed E-state index contributed by atoms with van der Waals surface area (Å²) >= 11 is 6.37. The van der Waals surface area contributed by atoms with E-state index in [-0.39, 0.29) is 0 Å². The maximum atomic E-state index is 12.7. The zero-order chi connectivity index (χ0) is 25.6. The molecule has 1 aromatic carbocycles. The minimum atomic E-state index is -2.51. The fourth-order valence-electron chi connectivity index (χ4n) is 3.26. The third kappa shape index (κ3) is 7.31. The highest BCUT2D eigenvalue weighted by Gasteiger charge is 2.18. The zero-order valence-electron chi connectivity index (χ0n) is 21.0. The summed E-state index contributed by atoms with van der Waals surface area (Å²) in [4.78, 5) is 17.7. The first kappa shape index (κ1) is 26.7. The van der Waals surface area contributed by atoms with Crippen molar-refractivity contribution in [1.29, 1.82) is 0 Å². The van der Waals surface area contributed by atoms with Gasteiger partial charge in [-0.1, -0.05) is 23.7 Å². The fraction of sp³-hybridized carbons (Fsp3) is 0.375. The lowest BCUT2D eigenvalue weighted by Crippen LogP contribution is -2.29. The van der Waals surface area contributed by atoms with E-state index >= 15 is 0 Å². The Morgan fingerprint density at radius 1 is 1.00 bits per heavy atom. The summed E-state index contributed by atoms with van der Waals surface area (Å²) in [7, 11) is 3.57. The van der Waals surface area contributed by atoms with Gasteiger partial charge in [0.1, 0.15) is 23.7 Å². The summed E-state index contributed by atoms with van der Waals surface area (Å²) < 4.78 is 18.5. The molecular formula is C24H33ClN7O2P. The Hall–Kier alpha value is -2.87. The summed E-state index contributed by atoms with van der Waals surface area (Å²) in [5.41, 5.74) is 1.33. The van der Waals surface area contributed by atoms with Crippen LogP contribution in [-0.4, -0.2) is 74.0 Å². The Bertz CT molecular complexity index is 1200. The number of ether oxygens (including phenoxy) is 1. The van der Waals surface area contributed by atoms with Crippen molar-refractivity contribution in [3.8, 4) is 5.88 Å². The summed E-state index contributed by atoms with van der Waals surface area (Å²) in [6.07, 6.45) is 1.51. The first-order valence-electron chi connectivity index (χ1n) is 11.3. The van der Waals surface area contributed by atoms with Crippen molar-refractivity contribution in [2.45, 2.75) is 6.92 Å². The highest BCUT2D eigenvalue weighted by Crippen LogP contribution is 2.38. The van der Waals surface area contributed by atoms with Gasteiger partial charge in [0.05, 0.1) is 18.5 Å². The molecule has 0 saturated carbocycles. The molecule has 0 fully saturated rings. The van der Waals surface area contributed by atoms with Gasteiger partial charge in [0.15, 0.2) is 5.82 Å². The predicted molar refractivity (Wildman–Crippen MR) is 146 cm³/mol. The molecule has 2 N–H and O–H groups in total. The lowest BCUT2D eigenvalue weighted by atomic mass is 10.3. The number of rotatable bonds is 11. The molecular weight excluding hydrogens is 485 g/mol. The second-order valence-electron chi connectivity index (χ2n) is 8.69. The van der Waals surface area contributed by atoms with E-state index in [2.05, 4.69) is 35.4 Å². The maximum absolute atomic E-state index is 12.7. The molecule has 0 aliphatic heterocycles. The van der Waals surface area contributed by atoms with Crippen molar-refractivity contribution in [3.63, 3.8) is 0 Å². The van der Waals surface area contributed by atoms with E-state index in [1.165, 1.54) is 6.20 Å². The molecule has 2 aromatic heterocycles. The molecule has 0 atom stereocenters. The van der Waals surface area contributed by atoms with Crippen LogP contribution in [0.1, 0.15) is 6.92 Å². The first-order chi connectivity index (χ1) is 16.6. The predicted octanol–water partition coefficient (Wildman–Crippen LogP) is 4.66. The van der Waals surface area contributed by atoms with E-state index in [0.29, 0.717) is 40.7 Å². The normalized spacial score (nSPS) is 11.4. The Labute approximate surface area is 212 Å². The zero-order valence-corrected chi connectivity index (χ0v) is 22.7. The van der Waals surface area contributed by atoms with E-state index in [1.807, 2.05) is 64.5 Å². The van der Waals surface area contributed by atoms with Crippen LogP contribution < -0.4 is 25.6 Å². The Morgan fingerprint density at radius 2 is 1.74 bits per heavy atom. The molecule has 0 aliphatic rings. The lowest BCUT2D eigenvalue weighted by molar-refractivity contribution is 0.328. The number of hydrogen-bond donors (Lipinski definition) is 2. The van der Waals surface area contributed by atoms with Crippen LogP contribution in [0.4, 0.5) is 29.0 Å². The molecule has 0 unspecified atom stereocenters. The number of nitrogens with one attached hydrogen (secondary N) is 2. The largest absolute Gasteiger partial charge is 0.476 e. The van der Waals surface area contributed by atoms with Gasteiger partial charge in [0, 0.05) is 25.4 Å². The molecule has 0 radical (unpaired) electrons. The topological polar surface area (TPSA) is 95.5 Å². The number of likely N-dealkylation sites (N-methyl/N-ethyl adjacent to an activating group) is 2. The van der Waals surface area contributed by atoms with Gasteiger partial charge in [-0.3, -0.25) is 0 Å². The summed E-state index contributed by atoms with van der Waals surface area (Å²) in [6.45, 7) is 7.57. The minimum absolute atomic E-state index is 0.321. The van der Waals surface area contributed by atoms with Gasteiger partial charge < -0.3 is 29.7 Å². The van der Waals surface area contributed by atoms with Crippen molar-refractivity contribution in [2.75, 3.05) is 69.7 Å². The average molecular weight is 518 g/mol. The summed E-state index contributed by atoms with van der Waals surface area (Å²) in [5, 5.41) is 7.45. The number of pyridine rings is 1. The highest BCUT2D eigenvalue weighted by molar-refractivity contribution is 7.70. The number of aromatic nitrogens is 3. The van der Waals surface area contributed by atoms with Crippen LogP contribution >= 0.6 is 18.7 Å². The second-order valence-corrected chi connectivity index (χ2v) is 12.3. The molecule has 188 valence electrons. The van der Waals surface area contributed by atoms with Crippen LogP contribution in [0, 0.1) is 0 Å². The third-order valence-corrected chi connectivity index (χ3v) is 6.96. The molecule has 0 aliphatic carbocycles. The summed E-state index contributed by atoms with van der Waals surface area (Å²) in [5.74, 6) is 1.98. The van der Waals surface area contributed by atoms with Gasteiger partial charge in [0.2, 0.25) is 11.8 Å². The molecule has 0 spiro atoms.